The Morgan fingerprint density at radius 2 is 2.24 bits per heavy atom. The average molecular weight is 299 g/mol. The lowest BCUT2D eigenvalue weighted by molar-refractivity contribution is 0.415. The summed E-state index contributed by atoms with van der Waals surface area (Å²) in [4.78, 5) is 0. The first-order chi connectivity index (χ1) is 8.20. The summed E-state index contributed by atoms with van der Waals surface area (Å²) in [6.07, 6.45) is 2.13. The molecular weight excluding hydrogens is 287 g/mol. The van der Waals surface area contributed by atoms with Crippen LogP contribution < -0.4 is 11.3 Å². The van der Waals surface area contributed by atoms with E-state index < -0.39 is 0 Å². The van der Waals surface area contributed by atoms with Gasteiger partial charge >= 0.3 is 0 Å². The Hall–Kier alpha value is -1.17. The van der Waals surface area contributed by atoms with E-state index in [9.17, 15) is 4.39 Å². The Morgan fingerprint density at radius 1 is 1.41 bits per heavy atom. The smallest absolute Gasteiger partial charge is 0.123 e. The summed E-state index contributed by atoms with van der Waals surface area (Å²) in [5.74, 6) is 5.94. The molecule has 2 aromatic rings. The van der Waals surface area contributed by atoms with Crippen LogP contribution >= 0.6 is 15.9 Å². The number of benzene rings is 1. The molecule has 0 bridgehead atoms. The molecule has 1 heterocycles. The Labute approximate surface area is 107 Å². The van der Waals surface area contributed by atoms with Crippen LogP contribution in [0.1, 0.15) is 17.4 Å². The van der Waals surface area contributed by atoms with Gasteiger partial charge in [0.05, 0.1) is 12.3 Å². The molecule has 0 saturated carbocycles. The van der Waals surface area contributed by atoms with E-state index in [0.29, 0.717) is 6.42 Å². The van der Waals surface area contributed by atoms with Crippen LogP contribution in [0.3, 0.4) is 0 Å². The molecule has 0 aliphatic carbocycles. The first-order valence-electron chi connectivity index (χ1n) is 5.14. The number of nitrogens with two attached hydrogens (primary N) is 1. The van der Waals surface area contributed by atoms with Gasteiger partial charge in [0.15, 0.2) is 0 Å². The van der Waals surface area contributed by atoms with Crippen LogP contribution in [-0.2, 0) is 6.42 Å². The molecule has 0 radical (unpaired) electrons. The van der Waals surface area contributed by atoms with E-state index in [1.807, 2.05) is 6.07 Å². The fraction of sp³-hybridized carbons (Fsp3) is 0.167. The topological polar surface area (TPSA) is 51.2 Å². The fourth-order valence-electron chi connectivity index (χ4n) is 1.65. The van der Waals surface area contributed by atoms with Gasteiger partial charge in [-0.1, -0.05) is 15.9 Å². The largest absolute Gasteiger partial charge is 0.468 e. The Balaban J connectivity index is 2.21. The summed E-state index contributed by atoms with van der Waals surface area (Å²) in [5, 5.41) is 0. The quantitative estimate of drug-likeness (QED) is 0.674. The molecule has 0 amide bonds. The second-order valence-electron chi connectivity index (χ2n) is 3.67. The SMILES string of the molecule is NNC(Cc1cc(F)ccc1Br)c1ccco1. The number of rotatable bonds is 4. The number of furan rings is 1. The number of hydrogen-bond donors (Lipinski definition) is 2. The molecule has 3 nitrogen and oxygen atoms in total. The first kappa shape index (κ1) is 12.3. The lowest BCUT2D eigenvalue weighted by atomic mass is 10.0. The van der Waals surface area contributed by atoms with Gasteiger partial charge in [-0.3, -0.25) is 5.84 Å². The highest BCUT2D eigenvalue weighted by Crippen LogP contribution is 2.24. The highest BCUT2D eigenvalue weighted by atomic mass is 79.9. The molecular formula is C12H12BrFN2O. The van der Waals surface area contributed by atoms with Gasteiger partial charge in [-0.05, 0) is 42.3 Å². The molecule has 1 atom stereocenters. The molecule has 0 spiro atoms. The number of halogens is 2. The molecule has 90 valence electrons. The van der Waals surface area contributed by atoms with E-state index >= 15 is 0 Å². The Morgan fingerprint density at radius 3 is 2.88 bits per heavy atom. The zero-order chi connectivity index (χ0) is 12.3. The molecule has 0 saturated heterocycles. The van der Waals surface area contributed by atoms with Gasteiger partial charge in [-0.15, -0.1) is 0 Å². The van der Waals surface area contributed by atoms with E-state index in [0.717, 1.165) is 15.8 Å². The minimum atomic E-state index is -0.265. The standard InChI is InChI=1S/C12H12BrFN2O/c13-10-4-3-9(14)6-8(10)7-11(16-15)12-2-1-5-17-12/h1-6,11,16H,7,15H2. The van der Waals surface area contributed by atoms with Gasteiger partial charge in [0.2, 0.25) is 0 Å². The van der Waals surface area contributed by atoms with Gasteiger partial charge in [0, 0.05) is 4.47 Å². The van der Waals surface area contributed by atoms with Crippen molar-refractivity contribution in [2.24, 2.45) is 5.84 Å². The Kier molecular flexibility index (Phi) is 3.93. The van der Waals surface area contributed by atoms with Crippen molar-refractivity contribution in [3.63, 3.8) is 0 Å². The van der Waals surface area contributed by atoms with Crippen molar-refractivity contribution in [2.45, 2.75) is 12.5 Å². The van der Waals surface area contributed by atoms with Crippen molar-refractivity contribution in [3.05, 3.63) is 58.2 Å². The second kappa shape index (κ2) is 5.44. The summed E-state index contributed by atoms with van der Waals surface area (Å²) in [6, 6.07) is 8.02. The van der Waals surface area contributed by atoms with Crippen LogP contribution in [0.25, 0.3) is 0 Å². The zero-order valence-corrected chi connectivity index (χ0v) is 10.6. The van der Waals surface area contributed by atoms with Crippen LogP contribution in [0, 0.1) is 5.82 Å². The summed E-state index contributed by atoms with van der Waals surface area (Å²) in [5.41, 5.74) is 3.50. The van der Waals surface area contributed by atoms with Crippen molar-refractivity contribution < 1.29 is 8.81 Å². The summed E-state index contributed by atoms with van der Waals surface area (Å²) < 4.78 is 19.3. The molecule has 1 aromatic heterocycles. The molecule has 0 aliphatic heterocycles. The zero-order valence-electron chi connectivity index (χ0n) is 8.99. The van der Waals surface area contributed by atoms with Gasteiger partial charge < -0.3 is 4.42 Å². The lowest BCUT2D eigenvalue weighted by Gasteiger charge is -2.14. The predicted molar refractivity (Wildman–Crippen MR) is 66.6 cm³/mol. The lowest BCUT2D eigenvalue weighted by Crippen LogP contribution is -2.29. The van der Waals surface area contributed by atoms with E-state index in [-0.39, 0.29) is 11.9 Å². The van der Waals surface area contributed by atoms with Crippen molar-refractivity contribution in [1.82, 2.24) is 5.43 Å². The highest BCUT2D eigenvalue weighted by molar-refractivity contribution is 9.10. The van der Waals surface area contributed by atoms with Crippen molar-refractivity contribution in [3.8, 4) is 0 Å². The van der Waals surface area contributed by atoms with Crippen molar-refractivity contribution in [1.29, 1.82) is 0 Å². The third-order valence-corrected chi connectivity index (χ3v) is 3.29. The maximum atomic E-state index is 13.1. The highest BCUT2D eigenvalue weighted by Gasteiger charge is 2.15. The van der Waals surface area contributed by atoms with E-state index in [4.69, 9.17) is 10.3 Å². The van der Waals surface area contributed by atoms with Crippen molar-refractivity contribution in [2.75, 3.05) is 0 Å². The monoisotopic (exact) mass is 298 g/mol. The average Bonchev–Trinajstić information content (AvgIpc) is 2.84. The number of hydrogen-bond acceptors (Lipinski definition) is 3. The molecule has 2 rings (SSSR count). The fourth-order valence-corrected chi connectivity index (χ4v) is 2.06. The second-order valence-corrected chi connectivity index (χ2v) is 4.53. The summed E-state index contributed by atoms with van der Waals surface area (Å²) >= 11 is 3.39. The number of nitrogens with one attached hydrogen (secondary N) is 1. The minimum Gasteiger partial charge on any atom is -0.468 e. The Bertz CT molecular complexity index is 487. The van der Waals surface area contributed by atoms with Crippen LogP contribution in [0.2, 0.25) is 0 Å². The number of hydrazine groups is 1. The molecule has 17 heavy (non-hydrogen) atoms. The molecule has 3 N–H and O–H groups in total. The third kappa shape index (κ3) is 2.94. The van der Waals surface area contributed by atoms with E-state index in [1.54, 1.807) is 18.4 Å². The third-order valence-electron chi connectivity index (χ3n) is 2.52. The predicted octanol–water partition coefficient (Wildman–Crippen LogP) is 2.93. The molecule has 0 fully saturated rings. The van der Waals surface area contributed by atoms with Gasteiger partial charge in [0.25, 0.3) is 0 Å². The molecule has 1 unspecified atom stereocenters. The first-order valence-corrected chi connectivity index (χ1v) is 5.93. The molecule has 5 heteroatoms. The maximum Gasteiger partial charge on any atom is 0.123 e. The van der Waals surface area contributed by atoms with Crippen LogP contribution in [0.15, 0.2) is 45.5 Å². The van der Waals surface area contributed by atoms with Gasteiger partial charge in [-0.25, -0.2) is 9.82 Å². The van der Waals surface area contributed by atoms with Gasteiger partial charge in [0.1, 0.15) is 11.6 Å². The van der Waals surface area contributed by atoms with E-state index in [1.165, 1.54) is 12.1 Å². The van der Waals surface area contributed by atoms with Gasteiger partial charge in [-0.2, -0.15) is 0 Å². The van der Waals surface area contributed by atoms with Crippen LogP contribution in [0.5, 0.6) is 0 Å². The van der Waals surface area contributed by atoms with Crippen LogP contribution in [-0.4, -0.2) is 0 Å². The normalized spacial score (nSPS) is 12.6. The summed E-state index contributed by atoms with van der Waals surface area (Å²) in [6.45, 7) is 0. The molecule has 1 aromatic carbocycles. The molecule has 0 aliphatic rings. The summed E-state index contributed by atoms with van der Waals surface area (Å²) in [7, 11) is 0. The van der Waals surface area contributed by atoms with Crippen LogP contribution in [0.4, 0.5) is 4.39 Å². The van der Waals surface area contributed by atoms with E-state index in [2.05, 4.69) is 21.4 Å². The van der Waals surface area contributed by atoms with Crippen molar-refractivity contribution >= 4 is 15.9 Å². The maximum absolute atomic E-state index is 13.1. The minimum absolute atomic E-state index is 0.178.